The lowest BCUT2D eigenvalue weighted by atomic mass is 9.72. The molecule has 5 heterocycles. The second kappa shape index (κ2) is 7.12. The van der Waals surface area contributed by atoms with Crippen LogP contribution in [0.5, 0.6) is 0 Å². The molecular formula is C23H30N2O2S. The van der Waals surface area contributed by atoms with E-state index in [9.17, 15) is 4.79 Å². The number of benzene rings is 1. The van der Waals surface area contributed by atoms with Crippen LogP contribution in [0.25, 0.3) is 10.1 Å². The maximum atomic E-state index is 13.1. The third-order valence-electron chi connectivity index (χ3n) is 7.33. The molecule has 2 aromatic rings. The highest BCUT2D eigenvalue weighted by Gasteiger charge is 2.48. The molecule has 0 aliphatic carbocycles. The molecule has 4 saturated heterocycles. The van der Waals surface area contributed by atoms with E-state index in [1.807, 2.05) is 0 Å². The zero-order valence-corrected chi connectivity index (χ0v) is 17.7. The van der Waals surface area contributed by atoms with Crippen molar-refractivity contribution in [2.24, 2.45) is 5.92 Å². The molecule has 1 N–H and O–H groups in total. The molecule has 4 aliphatic rings. The number of hydrogen-bond acceptors (Lipinski definition) is 4. The minimum atomic E-state index is 0.0454. The number of carbonyl (C=O) groups excluding carboxylic acids is 1. The largest absolute Gasteiger partial charge is 0.381 e. The standard InChI is InChI=1S/C23H30N2O2S/c1-23(2)21(16-5-9-25(23)10-6-16)24-22(26)20-14-18-4-3-17(13-19(18)28-20)15-7-11-27-12-8-15/h3-4,13-16,21H,5-12H2,1-2H3,(H,24,26)/t21-/m1/s1. The van der Waals surface area contributed by atoms with Crippen LogP contribution >= 0.6 is 11.3 Å². The third kappa shape index (κ3) is 3.17. The summed E-state index contributed by atoms with van der Waals surface area (Å²) in [6.07, 6.45) is 4.60. The first-order valence-corrected chi connectivity index (χ1v) is 11.5. The van der Waals surface area contributed by atoms with Crippen LogP contribution in [0.2, 0.25) is 0 Å². The Labute approximate surface area is 171 Å². The number of amides is 1. The summed E-state index contributed by atoms with van der Waals surface area (Å²) < 4.78 is 6.72. The van der Waals surface area contributed by atoms with Gasteiger partial charge in [-0.3, -0.25) is 9.69 Å². The van der Waals surface area contributed by atoms with Gasteiger partial charge < -0.3 is 10.1 Å². The van der Waals surface area contributed by atoms with Crippen molar-refractivity contribution in [2.75, 3.05) is 26.3 Å². The molecule has 1 amide bonds. The zero-order valence-electron chi connectivity index (χ0n) is 16.9. The molecule has 1 aromatic carbocycles. The molecule has 5 heteroatoms. The van der Waals surface area contributed by atoms with E-state index in [0.29, 0.717) is 11.8 Å². The van der Waals surface area contributed by atoms with E-state index in [1.165, 1.54) is 41.6 Å². The molecule has 28 heavy (non-hydrogen) atoms. The predicted molar refractivity (Wildman–Crippen MR) is 114 cm³/mol. The van der Waals surface area contributed by atoms with Crippen molar-refractivity contribution in [1.82, 2.24) is 10.2 Å². The lowest BCUT2D eigenvalue weighted by Crippen LogP contribution is -2.69. The van der Waals surface area contributed by atoms with E-state index >= 15 is 0 Å². The molecule has 0 saturated carbocycles. The Bertz CT molecular complexity index is 876. The predicted octanol–water partition coefficient (Wildman–Crippen LogP) is 4.40. The van der Waals surface area contributed by atoms with Crippen LogP contribution in [0.15, 0.2) is 24.3 Å². The van der Waals surface area contributed by atoms with Gasteiger partial charge >= 0.3 is 0 Å². The number of fused-ring (bicyclic) bond motifs is 4. The Kier molecular flexibility index (Phi) is 4.73. The molecule has 0 unspecified atom stereocenters. The lowest BCUT2D eigenvalue weighted by Gasteiger charge is -2.56. The molecule has 1 aromatic heterocycles. The topological polar surface area (TPSA) is 41.6 Å². The minimum absolute atomic E-state index is 0.0454. The second-order valence-corrected chi connectivity index (χ2v) is 10.3. The lowest BCUT2D eigenvalue weighted by molar-refractivity contribution is -0.0377. The van der Waals surface area contributed by atoms with Crippen LogP contribution < -0.4 is 5.32 Å². The Morgan fingerprint density at radius 2 is 1.89 bits per heavy atom. The highest BCUT2D eigenvalue weighted by molar-refractivity contribution is 7.20. The first-order valence-electron chi connectivity index (χ1n) is 10.7. The number of thiophene rings is 1. The van der Waals surface area contributed by atoms with Crippen molar-refractivity contribution in [3.8, 4) is 0 Å². The molecule has 4 nitrogen and oxygen atoms in total. The van der Waals surface area contributed by atoms with E-state index in [0.717, 1.165) is 30.9 Å². The first kappa shape index (κ1) is 18.6. The smallest absolute Gasteiger partial charge is 0.261 e. The summed E-state index contributed by atoms with van der Waals surface area (Å²) in [5.74, 6) is 1.30. The number of hydrogen-bond donors (Lipinski definition) is 1. The van der Waals surface area contributed by atoms with Crippen LogP contribution in [0.1, 0.15) is 60.7 Å². The highest BCUT2D eigenvalue weighted by Crippen LogP contribution is 2.39. The Hall–Kier alpha value is -1.43. The van der Waals surface area contributed by atoms with Gasteiger partial charge in [0.2, 0.25) is 0 Å². The summed E-state index contributed by atoms with van der Waals surface area (Å²) in [4.78, 5) is 16.5. The Morgan fingerprint density at radius 1 is 1.14 bits per heavy atom. The normalized spacial score (nSPS) is 29.9. The molecule has 1 atom stereocenters. The van der Waals surface area contributed by atoms with Crippen molar-refractivity contribution in [3.05, 3.63) is 34.7 Å². The fourth-order valence-electron chi connectivity index (χ4n) is 5.53. The van der Waals surface area contributed by atoms with Gasteiger partial charge in [-0.25, -0.2) is 0 Å². The fraction of sp³-hybridized carbons (Fsp3) is 0.609. The van der Waals surface area contributed by atoms with Crippen molar-refractivity contribution in [2.45, 2.75) is 57.0 Å². The first-order chi connectivity index (χ1) is 13.5. The summed E-state index contributed by atoms with van der Waals surface area (Å²) in [6, 6.07) is 9.03. The quantitative estimate of drug-likeness (QED) is 0.833. The Morgan fingerprint density at radius 3 is 2.61 bits per heavy atom. The fourth-order valence-corrected chi connectivity index (χ4v) is 6.55. The minimum Gasteiger partial charge on any atom is -0.381 e. The van der Waals surface area contributed by atoms with Crippen LogP contribution in [-0.2, 0) is 4.74 Å². The number of carbonyl (C=O) groups is 1. The van der Waals surface area contributed by atoms with Crippen LogP contribution in [-0.4, -0.2) is 48.7 Å². The van der Waals surface area contributed by atoms with Gasteiger partial charge in [0.05, 0.1) is 4.88 Å². The van der Waals surface area contributed by atoms with Crippen LogP contribution in [0.3, 0.4) is 0 Å². The van der Waals surface area contributed by atoms with E-state index in [2.05, 4.69) is 48.3 Å². The van der Waals surface area contributed by atoms with Gasteiger partial charge in [0.15, 0.2) is 0 Å². The monoisotopic (exact) mass is 398 g/mol. The third-order valence-corrected chi connectivity index (χ3v) is 8.43. The summed E-state index contributed by atoms with van der Waals surface area (Å²) in [5.41, 5.74) is 1.44. The van der Waals surface area contributed by atoms with Gasteiger partial charge in [0.1, 0.15) is 0 Å². The number of piperidine rings is 3. The molecule has 150 valence electrons. The van der Waals surface area contributed by atoms with Gasteiger partial charge in [-0.2, -0.15) is 0 Å². The van der Waals surface area contributed by atoms with Crippen LogP contribution in [0, 0.1) is 5.92 Å². The number of nitrogens with zero attached hydrogens (tertiary/aromatic N) is 1. The molecule has 4 aliphatic heterocycles. The van der Waals surface area contributed by atoms with Gasteiger partial charge in [-0.1, -0.05) is 12.1 Å². The van der Waals surface area contributed by atoms with Crippen molar-refractivity contribution in [3.63, 3.8) is 0 Å². The molecule has 4 fully saturated rings. The van der Waals surface area contributed by atoms with Crippen molar-refractivity contribution in [1.29, 1.82) is 0 Å². The van der Waals surface area contributed by atoms with E-state index in [4.69, 9.17) is 4.74 Å². The average molecular weight is 399 g/mol. The molecule has 0 radical (unpaired) electrons. The summed E-state index contributed by atoms with van der Waals surface area (Å²) in [6.45, 7) is 8.62. The molecule has 2 bridgehead atoms. The maximum absolute atomic E-state index is 13.1. The maximum Gasteiger partial charge on any atom is 0.261 e. The number of ether oxygens (including phenoxy) is 1. The van der Waals surface area contributed by atoms with Gasteiger partial charge in [-0.05, 0) is 87.5 Å². The van der Waals surface area contributed by atoms with Crippen molar-refractivity contribution < 1.29 is 9.53 Å². The second-order valence-electron chi connectivity index (χ2n) is 9.22. The SMILES string of the molecule is CC1(C)[C@H](NC(=O)c2cc3ccc(C4CCOCC4)cc3s2)C2CCN1CC2. The van der Waals surface area contributed by atoms with Gasteiger partial charge in [0.25, 0.3) is 5.91 Å². The summed E-state index contributed by atoms with van der Waals surface area (Å²) in [5, 5.41) is 4.59. The summed E-state index contributed by atoms with van der Waals surface area (Å²) in [7, 11) is 0. The molecule has 0 spiro atoms. The molecule has 6 rings (SSSR count). The zero-order chi connectivity index (χ0) is 19.3. The van der Waals surface area contributed by atoms with E-state index in [1.54, 1.807) is 11.3 Å². The number of rotatable bonds is 3. The summed E-state index contributed by atoms with van der Waals surface area (Å²) >= 11 is 1.64. The highest BCUT2D eigenvalue weighted by atomic mass is 32.1. The van der Waals surface area contributed by atoms with E-state index in [-0.39, 0.29) is 17.5 Å². The molecular weight excluding hydrogens is 368 g/mol. The van der Waals surface area contributed by atoms with Gasteiger partial charge in [-0.15, -0.1) is 11.3 Å². The van der Waals surface area contributed by atoms with Crippen LogP contribution in [0.4, 0.5) is 0 Å². The van der Waals surface area contributed by atoms with E-state index < -0.39 is 0 Å². The van der Waals surface area contributed by atoms with Gasteiger partial charge in [0, 0.05) is 29.5 Å². The van der Waals surface area contributed by atoms with Crippen molar-refractivity contribution >= 4 is 27.3 Å². The Balaban J connectivity index is 1.36. The number of nitrogens with one attached hydrogen (secondary N) is 1. The average Bonchev–Trinajstić information content (AvgIpc) is 3.15.